The average molecular weight is 478 g/mol. The summed E-state index contributed by atoms with van der Waals surface area (Å²) in [6, 6.07) is 13.9. The van der Waals surface area contributed by atoms with Gasteiger partial charge >= 0.3 is 5.97 Å². The minimum atomic E-state index is -0.999. The van der Waals surface area contributed by atoms with Gasteiger partial charge in [-0.2, -0.15) is 0 Å². The molecule has 0 saturated carbocycles. The van der Waals surface area contributed by atoms with E-state index in [1.54, 1.807) is 37.1 Å². The Bertz CT molecular complexity index is 1230. The number of nitrogens with two attached hydrogens (primary N) is 1. The predicted octanol–water partition coefficient (Wildman–Crippen LogP) is 1.91. The number of amides is 2. The van der Waals surface area contributed by atoms with Crippen molar-refractivity contribution in [2.75, 3.05) is 13.7 Å². The van der Waals surface area contributed by atoms with Gasteiger partial charge in [-0.25, -0.2) is 14.8 Å². The zero-order chi connectivity index (χ0) is 25.4. The van der Waals surface area contributed by atoms with Crippen LogP contribution in [-0.2, 0) is 24.4 Å². The van der Waals surface area contributed by atoms with E-state index in [1.807, 2.05) is 24.3 Å². The molecule has 0 saturated heterocycles. The van der Waals surface area contributed by atoms with E-state index in [2.05, 4.69) is 15.3 Å². The summed E-state index contributed by atoms with van der Waals surface area (Å²) in [6.07, 6.45) is 1.30. The third kappa shape index (κ3) is 7.34. The predicted molar refractivity (Wildman–Crippen MR) is 128 cm³/mol. The monoisotopic (exact) mass is 477 g/mol. The molecule has 0 radical (unpaired) electrons. The number of benzene rings is 2. The lowest BCUT2D eigenvalue weighted by atomic mass is 10.0. The second-order valence-corrected chi connectivity index (χ2v) is 7.99. The van der Waals surface area contributed by atoms with E-state index in [0.29, 0.717) is 30.1 Å². The SMILES string of the molecule is COc1cccc(CNC(=O)c2cc(CN(CC(N)=O)Cc3ccc(C(=O)O)c(C)c3)ncn2)c1. The van der Waals surface area contributed by atoms with Gasteiger partial charge in [0.05, 0.1) is 24.9 Å². The first-order valence-electron chi connectivity index (χ1n) is 10.8. The summed E-state index contributed by atoms with van der Waals surface area (Å²) in [5.74, 6) is -1.18. The Morgan fingerprint density at radius 2 is 1.86 bits per heavy atom. The summed E-state index contributed by atoms with van der Waals surface area (Å²) in [4.78, 5) is 45.6. The van der Waals surface area contributed by atoms with E-state index >= 15 is 0 Å². The lowest BCUT2D eigenvalue weighted by Gasteiger charge is -2.21. The van der Waals surface area contributed by atoms with Gasteiger partial charge in [0.25, 0.3) is 5.91 Å². The summed E-state index contributed by atoms with van der Waals surface area (Å²) >= 11 is 0. The summed E-state index contributed by atoms with van der Waals surface area (Å²) < 4.78 is 5.19. The van der Waals surface area contributed by atoms with E-state index in [1.165, 1.54) is 12.4 Å². The minimum absolute atomic E-state index is 0.0406. The number of aryl methyl sites for hydroxylation is 1. The molecule has 1 heterocycles. The van der Waals surface area contributed by atoms with Crippen LogP contribution in [0.25, 0.3) is 0 Å². The lowest BCUT2D eigenvalue weighted by molar-refractivity contribution is -0.119. The molecular formula is C25H27N5O5. The van der Waals surface area contributed by atoms with Crippen molar-refractivity contribution in [3.63, 3.8) is 0 Å². The molecule has 0 unspecified atom stereocenters. The first-order chi connectivity index (χ1) is 16.7. The molecule has 182 valence electrons. The van der Waals surface area contributed by atoms with Gasteiger partial charge in [0.15, 0.2) is 0 Å². The van der Waals surface area contributed by atoms with Crippen LogP contribution in [0.15, 0.2) is 54.9 Å². The zero-order valence-electron chi connectivity index (χ0n) is 19.5. The Labute approximate surface area is 202 Å². The molecule has 10 nitrogen and oxygen atoms in total. The standard InChI is InChI=1S/C25H27N5O5/c1-16-8-18(6-7-21(16)25(33)34)12-30(14-23(26)31)13-19-10-22(29-15-28-19)24(32)27-11-17-4-3-5-20(9-17)35-2/h3-10,15H,11-14H2,1-2H3,(H2,26,31)(H,27,32)(H,33,34). The van der Waals surface area contributed by atoms with Gasteiger partial charge in [-0.3, -0.25) is 14.5 Å². The summed E-state index contributed by atoms with van der Waals surface area (Å²) in [5, 5.41) is 12.0. The number of hydrogen-bond donors (Lipinski definition) is 3. The second-order valence-electron chi connectivity index (χ2n) is 7.99. The quantitative estimate of drug-likeness (QED) is 0.379. The average Bonchev–Trinajstić information content (AvgIpc) is 2.82. The zero-order valence-corrected chi connectivity index (χ0v) is 19.5. The van der Waals surface area contributed by atoms with Crippen LogP contribution in [0.1, 0.15) is 43.2 Å². The van der Waals surface area contributed by atoms with E-state index in [4.69, 9.17) is 10.5 Å². The minimum Gasteiger partial charge on any atom is -0.497 e. The van der Waals surface area contributed by atoms with Crippen molar-refractivity contribution < 1.29 is 24.2 Å². The summed E-state index contributed by atoms with van der Waals surface area (Å²) in [5.41, 5.74) is 8.68. The number of rotatable bonds is 11. The number of aromatic carboxylic acids is 1. The number of carboxylic acids is 1. The molecule has 0 aliphatic heterocycles. The van der Waals surface area contributed by atoms with Gasteiger partial charge in [0.1, 0.15) is 17.8 Å². The Morgan fingerprint density at radius 1 is 1.06 bits per heavy atom. The number of aromatic nitrogens is 2. The van der Waals surface area contributed by atoms with E-state index in [-0.39, 0.29) is 30.3 Å². The van der Waals surface area contributed by atoms with Crippen LogP contribution in [0.4, 0.5) is 0 Å². The van der Waals surface area contributed by atoms with E-state index < -0.39 is 11.9 Å². The fraction of sp³-hybridized carbons (Fsp3) is 0.240. The fourth-order valence-corrected chi connectivity index (χ4v) is 3.60. The van der Waals surface area contributed by atoms with Gasteiger partial charge in [-0.1, -0.05) is 24.3 Å². The smallest absolute Gasteiger partial charge is 0.335 e. The molecule has 10 heteroatoms. The van der Waals surface area contributed by atoms with Gasteiger partial charge in [0.2, 0.25) is 5.91 Å². The number of primary amides is 1. The molecule has 3 aromatic rings. The summed E-state index contributed by atoms with van der Waals surface area (Å²) in [7, 11) is 1.58. The topological polar surface area (TPSA) is 148 Å². The Hall–Kier alpha value is -4.31. The number of methoxy groups -OCH3 is 1. The molecule has 35 heavy (non-hydrogen) atoms. The van der Waals surface area contributed by atoms with Crippen LogP contribution in [0, 0.1) is 6.92 Å². The van der Waals surface area contributed by atoms with Crippen molar-refractivity contribution in [2.24, 2.45) is 5.73 Å². The lowest BCUT2D eigenvalue weighted by Crippen LogP contribution is -2.33. The molecule has 0 aliphatic carbocycles. The normalized spacial score (nSPS) is 10.7. The number of carbonyl (C=O) groups is 3. The number of ether oxygens (including phenoxy) is 1. The Balaban J connectivity index is 1.69. The molecule has 0 bridgehead atoms. The molecule has 0 fully saturated rings. The maximum Gasteiger partial charge on any atom is 0.335 e. The first kappa shape index (κ1) is 25.3. The highest BCUT2D eigenvalue weighted by atomic mass is 16.5. The summed E-state index contributed by atoms with van der Waals surface area (Å²) in [6.45, 7) is 2.55. The number of carbonyl (C=O) groups excluding carboxylic acids is 2. The number of hydrogen-bond acceptors (Lipinski definition) is 7. The van der Waals surface area contributed by atoms with Crippen LogP contribution in [0.3, 0.4) is 0 Å². The third-order valence-electron chi connectivity index (χ3n) is 5.24. The maximum absolute atomic E-state index is 12.6. The Kier molecular flexibility index (Phi) is 8.47. The molecule has 2 aromatic carbocycles. The van der Waals surface area contributed by atoms with Crippen molar-refractivity contribution in [3.8, 4) is 5.75 Å². The van der Waals surface area contributed by atoms with Crippen LogP contribution in [0.5, 0.6) is 5.75 Å². The van der Waals surface area contributed by atoms with Gasteiger partial charge in [-0.15, -0.1) is 0 Å². The largest absolute Gasteiger partial charge is 0.497 e. The second kappa shape index (κ2) is 11.7. The third-order valence-corrected chi connectivity index (χ3v) is 5.24. The molecule has 4 N–H and O–H groups in total. The molecule has 0 spiro atoms. The van der Waals surface area contributed by atoms with Crippen molar-refractivity contribution in [1.82, 2.24) is 20.2 Å². The van der Waals surface area contributed by atoms with Crippen LogP contribution in [0.2, 0.25) is 0 Å². The van der Waals surface area contributed by atoms with Crippen molar-refractivity contribution in [3.05, 3.63) is 88.5 Å². The highest BCUT2D eigenvalue weighted by Gasteiger charge is 2.15. The van der Waals surface area contributed by atoms with Crippen molar-refractivity contribution in [1.29, 1.82) is 0 Å². The number of carboxylic acid groups (broad SMARTS) is 1. The molecule has 0 aliphatic rings. The number of nitrogens with one attached hydrogen (secondary N) is 1. The molecule has 3 rings (SSSR count). The van der Waals surface area contributed by atoms with Gasteiger partial charge in [-0.05, 0) is 47.9 Å². The molecule has 1 aromatic heterocycles. The van der Waals surface area contributed by atoms with Crippen LogP contribution < -0.4 is 15.8 Å². The fourth-order valence-electron chi connectivity index (χ4n) is 3.60. The highest BCUT2D eigenvalue weighted by molar-refractivity contribution is 5.92. The number of nitrogens with zero attached hydrogens (tertiary/aromatic N) is 3. The van der Waals surface area contributed by atoms with Crippen molar-refractivity contribution in [2.45, 2.75) is 26.6 Å². The van der Waals surface area contributed by atoms with Gasteiger partial charge in [0, 0.05) is 19.6 Å². The first-order valence-corrected chi connectivity index (χ1v) is 10.8. The highest BCUT2D eigenvalue weighted by Crippen LogP contribution is 2.15. The van der Waals surface area contributed by atoms with E-state index in [9.17, 15) is 19.5 Å². The van der Waals surface area contributed by atoms with Crippen LogP contribution in [-0.4, -0.2) is 51.4 Å². The molecule has 0 atom stereocenters. The molecule has 2 amide bonds. The molecular weight excluding hydrogens is 450 g/mol. The van der Waals surface area contributed by atoms with Crippen LogP contribution >= 0.6 is 0 Å². The maximum atomic E-state index is 12.6. The van der Waals surface area contributed by atoms with Gasteiger partial charge < -0.3 is 20.9 Å². The Morgan fingerprint density at radius 3 is 2.54 bits per heavy atom. The van der Waals surface area contributed by atoms with Crippen molar-refractivity contribution >= 4 is 17.8 Å². The van der Waals surface area contributed by atoms with E-state index in [0.717, 1.165) is 11.1 Å².